The van der Waals surface area contributed by atoms with Gasteiger partial charge in [-0.3, -0.25) is 4.57 Å². The minimum atomic E-state index is -0.154. The van der Waals surface area contributed by atoms with E-state index in [9.17, 15) is 0 Å². The molecule has 0 amide bonds. The number of hydrogen-bond donors (Lipinski definition) is 0. The molecular formula is C42H32N2. The van der Waals surface area contributed by atoms with E-state index in [1.54, 1.807) is 0 Å². The van der Waals surface area contributed by atoms with Gasteiger partial charge in [0.2, 0.25) is 0 Å². The summed E-state index contributed by atoms with van der Waals surface area (Å²) in [5, 5.41) is 7.98. The van der Waals surface area contributed by atoms with Gasteiger partial charge in [0.05, 0.1) is 11.0 Å². The minimum absolute atomic E-state index is 0.154. The summed E-state index contributed by atoms with van der Waals surface area (Å²) in [4.78, 5) is 4.91. The third-order valence-corrected chi connectivity index (χ3v) is 9.91. The molecule has 1 aliphatic carbocycles. The molecule has 1 aromatic heterocycles. The zero-order chi connectivity index (χ0) is 29.6. The lowest BCUT2D eigenvalue weighted by Gasteiger charge is -2.25. The molecule has 7 aromatic carbocycles. The molecule has 0 aliphatic heterocycles. The zero-order valence-electron chi connectivity index (χ0n) is 25.2. The fourth-order valence-electron chi connectivity index (χ4n) is 7.95. The van der Waals surface area contributed by atoms with Crippen LogP contribution in [0.4, 0.5) is 0 Å². The van der Waals surface area contributed by atoms with E-state index in [1.807, 2.05) is 0 Å². The molecule has 0 spiro atoms. The van der Waals surface area contributed by atoms with Gasteiger partial charge in [-0.1, -0.05) is 118 Å². The van der Waals surface area contributed by atoms with Gasteiger partial charge in [-0.25, -0.2) is 4.98 Å². The molecule has 0 unspecified atom stereocenters. The number of para-hydroxylation sites is 2. The largest absolute Gasteiger partial charge is 0.296 e. The van der Waals surface area contributed by atoms with Crippen LogP contribution in [0.3, 0.4) is 0 Å². The number of imidazole rings is 1. The number of benzene rings is 7. The van der Waals surface area contributed by atoms with Crippen molar-refractivity contribution in [1.29, 1.82) is 0 Å². The Labute approximate surface area is 257 Å². The number of hydrogen-bond acceptors (Lipinski definition) is 1. The highest BCUT2D eigenvalue weighted by Gasteiger charge is 2.40. The molecular weight excluding hydrogens is 532 g/mol. The summed E-state index contributed by atoms with van der Waals surface area (Å²) in [6.45, 7) is 7.00. The van der Waals surface area contributed by atoms with E-state index in [1.165, 1.54) is 65.7 Å². The van der Waals surface area contributed by atoms with Crippen LogP contribution in [0.25, 0.3) is 71.3 Å². The van der Waals surface area contributed by atoms with Gasteiger partial charge in [-0.2, -0.15) is 0 Å². The summed E-state index contributed by atoms with van der Waals surface area (Å²) in [6, 6.07) is 46.9. The molecule has 0 atom stereocenters. The minimum Gasteiger partial charge on any atom is -0.296 e. The van der Waals surface area contributed by atoms with E-state index >= 15 is 0 Å². The average Bonchev–Trinajstić information content (AvgIpc) is 3.57. The van der Waals surface area contributed by atoms with Crippen LogP contribution in [0.15, 0.2) is 127 Å². The van der Waals surface area contributed by atoms with E-state index < -0.39 is 0 Å². The molecule has 1 aliphatic rings. The second kappa shape index (κ2) is 9.14. The molecule has 0 N–H and O–H groups in total. The van der Waals surface area contributed by atoms with Crippen LogP contribution in [0, 0.1) is 0 Å². The standard InChI is InChI=1S/C42H32N2/c1-4-38-43-36-19-11-12-20-37(36)44(38)27-23-21-26(22-24-27)34-25-35-39(31-16-8-6-15-30(31)34)40-32-17-9-5-13-28(32)29-14-7-10-18-33(29)41(40)42(35,2)3/h5-25H,4H2,1-3H3. The van der Waals surface area contributed by atoms with E-state index in [-0.39, 0.29) is 5.41 Å². The van der Waals surface area contributed by atoms with Crippen LogP contribution in [0.1, 0.15) is 37.7 Å². The molecule has 0 saturated heterocycles. The highest BCUT2D eigenvalue weighted by atomic mass is 15.1. The molecule has 8 aromatic rings. The number of fused-ring (bicyclic) bond motifs is 11. The van der Waals surface area contributed by atoms with Gasteiger partial charge in [-0.05, 0) is 96.0 Å². The lowest BCUT2D eigenvalue weighted by molar-refractivity contribution is 0.667. The molecule has 1 heterocycles. The van der Waals surface area contributed by atoms with Crippen molar-refractivity contribution in [2.45, 2.75) is 32.6 Å². The van der Waals surface area contributed by atoms with E-state index in [4.69, 9.17) is 4.98 Å². The zero-order valence-corrected chi connectivity index (χ0v) is 25.2. The SMILES string of the molecule is CCc1nc2ccccc2n1-c1ccc(-c2cc3c(c4ccccc24)-c2c(c4ccccc4c4ccccc24)C3(C)C)cc1. The molecule has 0 fully saturated rings. The highest BCUT2D eigenvalue weighted by molar-refractivity contribution is 6.22. The number of rotatable bonds is 3. The Morgan fingerprint density at radius 2 is 1.16 bits per heavy atom. The summed E-state index contributed by atoms with van der Waals surface area (Å²) >= 11 is 0. The Kier molecular flexibility index (Phi) is 5.26. The van der Waals surface area contributed by atoms with Crippen LogP contribution in [0.2, 0.25) is 0 Å². The summed E-state index contributed by atoms with van der Waals surface area (Å²) in [7, 11) is 0. The molecule has 0 saturated carbocycles. The maximum absolute atomic E-state index is 4.91. The molecule has 2 heteroatoms. The van der Waals surface area contributed by atoms with Gasteiger partial charge in [0.25, 0.3) is 0 Å². The fraction of sp³-hybridized carbons (Fsp3) is 0.119. The first kappa shape index (κ1) is 25.3. The maximum atomic E-state index is 4.91. The van der Waals surface area contributed by atoms with Gasteiger partial charge in [0.1, 0.15) is 5.82 Å². The highest BCUT2D eigenvalue weighted by Crippen LogP contribution is 2.57. The number of aryl methyl sites for hydroxylation is 1. The second-order valence-corrected chi connectivity index (χ2v) is 12.6. The number of nitrogens with zero attached hydrogens (tertiary/aromatic N) is 2. The lowest BCUT2D eigenvalue weighted by atomic mass is 9.78. The van der Waals surface area contributed by atoms with Gasteiger partial charge in [0.15, 0.2) is 0 Å². The molecule has 0 bridgehead atoms. The van der Waals surface area contributed by atoms with Gasteiger partial charge >= 0.3 is 0 Å². The summed E-state index contributed by atoms with van der Waals surface area (Å²) < 4.78 is 2.30. The lowest BCUT2D eigenvalue weighted by Crippen LogP contribution is -2.16. The Morgan fingerprint density at radius 1 is 0.591 bits per heavy atom. The summed E-state index contributed by atoms with van der Waals surface area (Å²) in [5.74, 6) is 1.08. The molecule has 2 nitrogen and oxygen atoms in total. The van der Waals surface area contributed by atoms with Crippen molar-refractivity contribution < 1.29 is 0 Å². The van der Waals surface area contributed by atoms with Gasteiger partial charge in [-0.15, -0.1) is 0 Å². The van der Waals surface area contributed by atoms with Crippen molar-refractivity contribution in [3.63, 3.8) is 0 Å². The third kappa shape index (κ3) is 3.34. The van der Waals surface area contributed by atoms with Crippen molar-refractivity contribution in [2.24, 2.45) is 0 Å². The van der Waals surface area contributed by atoms with Crippen molar-refractivity contribution in [2.75, 3.05) is 0 Å². The normalized spacial score (nSPS) is 13.6. The average molecular weight is 565 g/mol. The monoisotopic (exact) mass is 564 g/mol. The third-order valence-electron chi connectivity index (χ3n) is 9.91. The predicted molar refractivity (Wildman–Crippen MR) is 186 cm³/mol. The fourth-order valence-corrected chi connectivity index (χ4v) is 7.95. The van der Waals surface area contributed by atoms with E-state index in [0.717, 1.165) is 29.0 Å². The van der Waals surface area contributed by atoms with Gasteiger partial charge < -0.3 is 0 Å². The molecule has 44 heavy (non-hydrogen) atoms. The quantitative estimate of drug-likeness (QED) is 0.195. The van der Waals surface area contributed by atoms with Gasteiger partial charge in [0, 0.05) is 17.5 Å². The summed E-state index contributed by atoms with van der Waals surface area (Å²) in [5.41, 5.74) is 11.3. The second-order valence-electron chi connectivity index (χ2n) is 12.6. The Bertz CT molecular complexity index is 2440. The van der Waals surface area contributed by atoms with Crippen molar-refractivity contribution in [3.8, 4) is 27.9 Å². The predicted octanol–water partition coefficient (Wildman–Crippen LogP) is 11.0. The van der Waals surface area contributed by atoms with Crippen molar-refractivity contribution >= 4 is 43.4 Å². The maximum Gasteiger partial charge on any atom is 0.114 e. The molecule has 0 radical (unpaired) electrons. The first-order chi connectivity index (χ1) is 21.6. The van der Waals surface area contributed by atoms with Crippen LogP contribution in [-0.4, -0.2) is 9.55 Å². The Hall–Kier alpha value is -5.21. The Morgan fingerprint density at radius 3 is 1.86 bits per heavy atom. The Balaban J connectivity index is 1.30. The van der Waals surface area contributed by atoms with E-state index in [2.05, 4.69) is 153 Å². The van der Waals surface area contributed by atoms with Crippen LogP contribution < -0.4 is 0 Å². The topological polar surface area (TPSA) is 17.8 Å². The van der Waals surface area contributed by atoms with Crippen LogP contribution >= 0.6 is 0 Å². The molecule has 9 rings (SSSR count). The first-order valence-electron chi connectivity index (χ1n) is 15.6. The smallest absolute Gasteiger partial charge is 0.114 e. The van der Waals surface area contributed by atoms with Crippen molar-refractivity contribution in [3.05, 3.63) is 144 Å². The van der Waals surface area contributed by atoms with E-state index in [0.29, 0.717) is 0 Å². The number of aromatic nitrogens is 2. The first-order valence-corrected chi connectivity index (χ1v) is 15.6. The summed E-state index contributed by atoms with van der Waals surface area (Å²) in [6.07, 6.45) is 0.880. The van der Waals surface area contributed by atoms with Crippen molar-refractivity contribution in [1.82, 2.24) is 9.55 Å². The van der Waals surface area contributed by atoms with Crippen LogP contribution in [-0.2, 0) is 11.8 Å². The van der Waals surface area contributed by atoms with Crippen LogP contribution in [0.5, 0.6) is 0 Å². The molecule has 210 valence electrons.